The third-order valence-corrected chi connectivity index (χ3v) is 2.01. The second-order valence-electron chi connectivity index (χ2n) is 3.17. The molecule has 0 fully saturated rings. The fraction of sp³-hybridized carbons (Fsp3) is 0.154. The minimum atomic E-state index is 0.618. The zero-order chi connectivity index (χ0) is 11.2. The molecule has 0 amide bonds. The number of nitrogens with zero attached hydrogens (tertiary/aromatic N) is 1. The maximum atomic E-state index is 5.67. The van der Waals surface area contributed by atoms with E-state index in [2.05, 4.69) is 4.98 Å². The minimum Gasteiger partial charge on any atom is -0.490 e. The van der Waals surface area contributed by atoms with E-state index in [1.165, 1.54) is 0 Å². The summed E-state index contributed by atoms with van der Waals surface area (Å²) in [5.74, 6) is 2.15. The van der Waals surface area contributed by atoms with Gasteiger partial charge in [0.25, 0.3) is 0 Å². The van der Waals surface area contributed by atoms with Gasteiger partial charge < -0.3 is 9.47 Å². The number of ether oxygens (including phenoxy) is 2. The number of benzene rings is 1. The molecule has 0 aliphatic carbocycles. The van der Waals surface area contributed by atoms with E-state index < -0.39 is 0 Å². The van der Waals surface area contributed by atoms with Gasteiger partial charge in [-0.3, -0.25) is 4.98 Å². The van der Waals surface area contributed by atoms with Crippen molar-refractivity contribution in [3.63, 3.8) is 0 Å². The van der Waals surface area contributed by atoms with Crippen molar-refractivity contribution in [2.24, 2.45) is 0 Å². The Hall–Kier alpha value is -2.03. The highest BCUT2D eigenvalue weighted by atomic mass is 16.5. The fourth-order valence-corrected chi connectivity index (χ4v) is 1.34. The normalized spacial score (nSPS) is 9.81. The molecule has 0 aliphatic heterocycles. The summed E-state index contributed by atoms with van der Waals surface area (Å²) < 4.78 is 11.1. The molecule has 0 saturated carbocycles. The Morgan fingerprint density at radius 1 is 1.06 bits per heavy atom. The Balaban J connectivity index is 2.21. The van der Waals surface area contributed by atoms with Crippen molar-refractivity contribution in [2.45, 2.75) is 6.92 Å². The molecule has 1 aromatic heterocycles. The molecule has 82 valence electrons. The SMILES string of the molecule is CCOc1ccccc1Oc1cccnc1. The van der Waals surface area contributed by atoms with Crippen LogP contribution in [0.4, 0.5) is 0 Å². The third-order valence-electron chi connectivity index (χ3n) is 2.01. The molecule has 0 N–H and O–H groups in total. The van der Waals surface area contributed by atoms with Gasteiger partial charge in [-0.15, -0.1) is 0 Å². The largest absolute Gasteiger partial charge is 0.490 e. The van der Waals surface area contributed by atoms with Gasteiger partial charge >= 0.3 is 0 Å². The average Bonchev–Trinajstić information content (AvgIpc) is 2.33. The zero-order valence-corrected chi connectivity index (χ0v) is 9.09. The molecule has 0 saturated heterocycles. The van der Waals surface area contributed by atoms with Crippen LogP contribution in [0.25, 0.3) is 0 Å². The highest BCUT2D eigenvalue weighted by molar-refractivity contribution is 5.42. The smallest absolute Gasteiger partial charge is 0.169 e. The second kappa shape index (κ2) is 5.16. The predicted octanol–water partition coefficient (Wildman–Crippen LogP) is 3.27. The van der Waals surface area contributed by atoms with Crippen LogP contribution in [0.5, 0.6) is 17.2 Å². The van der Waals surface area contributed by atoms with Crippen LogP contribution in [0.1, 0.15) is 6.92 Å². The monoisotopic (exact) mass is 215 g/mol. The van der Waals surface area contributed by atoms with E-state index in [9.17, 15) is 0 Å². The Morgan fingerprint density at radius 2 is 1.88 bits per heavy atom. The zero-order valence-electron chi connectivity index (χ0n) is 9.09. The number of aromatic nitrogens is 1. The third kappa shape index (κ3) is 2.51. The molecule has 1 aromatic carbocycles. The van der Waals surface area contributed by atoms with Crippen molar-refractivity contribution in [1.29, 1.82) is 0 Å². The summed E-state index contributed by atoms with van der Waals surface area (Å²) in [4.78, 5) is 3.99. The standard InChI is InChI=1S/C13H13NO2/c1-2-15-12-7-3-4-8-13(12)16-11-6-5-9-14-10-11/h3-10H,2H2,1H3. The highest BCUT2D eigenvalue weighted by Gasteiger charge is 2.04. The average molecular weight is 215 g/mol. The molecule has 1 heterocycles. The van der Waals surface area contributed by atoms with E-state index >= 15 is 0 Å². The highest BCUT2D eigenvalue weighted by Crippen LogP contribution is 2.30. The van der Waals surface area contributed by atoms with Gasteiger partial charge in [-0.2, -0.15) is 0 Å². The number of hydrogen-bond acceptors (Lipinski definition) is 3. The van der Waals surface area contributed by atoms with E-state index in [0.29, 0.717) is 18.1 Å². The van der Waals surface area contributed by atoms with Gasteiger partial charge in [-0.25, -0.2) is 0 Å². The first-order valence-electron chi connectivity index (χ1n) is 5.20. The predicted molar refractivity (Wildman–Crippen MR) is 61.9 cm³/mol. The molecule has 0 aliphatic rings. The summed E-state index contributed by atoms with van der Waals surface area (Å²) in [7, 11) is 0. The van der Waals surface area contributed by atoms with E-state index in [1.54, 1.807) is 12.4 Å². The van der Waals surface area contributed by atoms with Gasteiger partial charge in [0.1, 0.15) is 5.75 Å². The first kappa shape index (κ1) is 10.5. The van der Waals surface area contributed by atoms with Crippen molar-refractivity contribution in [1.82, 2.24) is 4.98 Å². The molecule has 2 aromatic rings. The van der Waals surface area contributed by atoms with E-state index in [0.717, 1.165) is 5.75 Å². The van der Waals surface area contributed by atoms with Crippen LogP contribution < -0.4 is 9.47 Å². The van der Waals surface area contributed by atoms with Crippen molar-refractivity contribution in [3.8, 4) is 17.2 Å². The van der Waals surface area contributed by atoms with Gasteiger partial charge in [-0.1, -0.05) is 12.1 Å². The van der Waals surface area contributed by atoms with E-state index in [4.69, 9.17) is 9.47 Å². The summed E-state index contributed by atoms with van der Waals surface area (Å²) in [6, 6.07) is 11.3. The molecule has 0 spiro atoms. The van der Waals surface area contributed by atoms with Gasteiger partial charge in [0.15, 0.2) is 11.5 Å². The minimum absolute atomic E-state index is 0.618. The summed E-state index contributed by atoms with van der Waals surface area (Å²) in [6.45, 7) is 2.56. The lowest BCUT2D eigenvalue weighted by atomic mass is 10.3. The van der Waals surface area contributed by atoms with Crippen LogP contribution in [0.15, 0.2) is 48.8 Å². The van der Waals surface area contributed by atoms with Gasteiger partial charge in [0, 0.05) is 6.20 Å². The van der Waals surface area contributed by atoms with E-state index in [-0.39, 0.29) is 0 Å². The maximum Gasteiger partial charge on any atom is 0.169 e. The number of para-hydroxylation sites is 2. The Labute approximate surface area is 94.7 Å². The quantitative estimate of drug-likeness (QED) is 0.784. The van der Waals surface area contributed by atoms with Crippen LogP contribution in [-0.4, -0.2) is 11.6 Å². The first-order valence-corrected chi connectivity index (χ1v) is 5.20. The summed E-state index contributed by atoms with van der Waals surface area (Å²) in [6.07, 6.45) is 3.38. The van der Waals surface area contributed by atoms with Gasteiger partial charge in [0.2, 0.25) is 0 Å². The van der Waals surface area contributed by atoms with Gasteiger partial charge in [-0.05, 0) is 31.2 Å². The molecule has 16 heavy (non-hydrogen) atoms. The van der Waals surface area contributed by atoms with Crippen LogP contribution >= 0.6 is 0 Å². The number of rotatable bonds is 4. The molecule has 0 bridgehead atoms. The van der Waals surface area contributed by atoms with Crippen LogP contribution in [-0.2, 0) is 0 Å². The Bertz CT molecular complexity index is 443. The van der Waals surface area contributed by atoms with Crippen LogP contribution in [0, 0.1) is 0 Å². The second-order valence-corrected chi connectivity index (χ2v) is 3.17. The van der Waals surface area contributed by atoms with Crippen molar-refractivity contribution >= 4 is 0 Å². The molecule has 2 rings (SSSR count). The van der Waals surface area contributed by atoms with Crippen LogP contribution in [0.2, 0.25) is 0 Å². The molecular formula is C13H13NO2. The van der Waals surface area contributed by atoms with Gasteiger partial charge in [0.05, 0.1) is 12.8 Å². The summed E-state index contributed by atoms with van der Waals surface area (Å²) in [5, 5.41) is 0. The lowest BCUT2D eigenvalue weighted by molar-refractivity contribution is 0.321. The lowest BCUT2D eigenvalue weighted by Gasteiger charge is -2.10. The fourth-order valence-electron chi connectivity index (χ4n) is 1.34. The Kier molecular flexibility index (Phi) is 3.38. The molecule has 0 unspecified atom stereocenters. The van der Waals surface area contributed by atoms with Crippen molar-refractivity contribution in [3.05, 3.63) is 48.8 Å². The molecular weight excluding hydrogens is 202 g/mol. The van der Waals surface area contributed by atoms with Crippen molar-refractivity contribution in [2.75, 3.05) is 6.61 Å². The molecule has 3 nitrogen and oxygen atoms in total. The number of pyridine rings is 1. The van der Waals surface area contributed by atoms with Crippen LogP contribution in [0.3, 0.4) is 0 Å². The topological polar surface area (TPSA) is 31.4 Å². The van der Waals surface area contributed by atoms with Crippen molar-refractivity contribution < 1.29 is 9.47 Å². The lowest BCUT2D eigenvalue weighted by Crippen LogP contribution is -1.94. The number of hydrogen-bond donors (Lipinski definition) is 0. The molecule has 0 atom stereocenters. The summed E-state index contributed by atoms with van der Waals surface area (Å²) in [5.41, 5.74) is 0. The maximum absolute atomic E-state index is 5.67. The first-order chi connectivity index (χ1) is 7.90. The summed E-state index contributed by atoms with van der Waals surface area (Å²) >= 11 is 0. The Morgan fingerprint density at radius 3 is 2.56 bits per heavy atom. The molecule has 0 radical (unpaired) electrons. The van der Waals surface area contributed by atoms with E-state index in [1.807, 2.05) is 43.3 Å². The molecule has 3 heteroatoms.